The molecule has 5 rings (SSSR count). The monoisotopic (exact) mass is 449 g/mol. The molecule has 2 aromatic heterocycles. The Bertz CT molecular complexity index is 1310. The van der Waals surface area contributed by atoms with Gasteiger partial charge in [-0.1, -0.05) is 23.8 Å². The lowest BCUT2D eigenvalue weighted by molar-refractivity contribution is -0.123. The van der Waals surface area contributed by atoms with Crippen molar-refractivity contribution in [3.63, 3.8) is 0 Å². The molecule has 7 nitrogen and oxygen atoms in total. The van der Waals surface area contributed by atoms with Gasteiger partial charge in [0.15, 0.2) is 11.5 Å². The number of hydrogen-bond acceptors (Lipinski definition) is 5. The SMILES string of the molecule is COc1ccc(C2=NN(c3cc(C)c4c(C)nn(C)c4n3)C(=O)[C@H]3CC=CC[C@@H]23)cc1Cl. The Morgan fingerprint density at radius 3 is 2.59 bits per heavy atom. The van der Waals surface area contributed by atoms with Gasteiger partial charge in [-0.05, 0) is 62.1 Å². The number of pyridine rings is 1. The van der Waals surface area contributed by atoms with Crippen molar-refractivity contribution < 1.29 is 9.53 Å². The molecule has 0 unspecified atom stereocenters. The summed E-state index contributed by atoms with van der Waals surface area (Å²) in [6.07, 6.45) is 5.64. The number of rotatable bonds is 3. The van der Waals surface area contributed by atoms with Gasteiger partial charge in [0.05, 0.1) is 29.5 Å². The van der Waals surface area contributed by atoms with Gasteiger partial charge < -0.3 is 4.74 Å². The number of aromatic nitrogens is 3. The highest BCUT2D eigenvalue weighted by Crippen LogP contribution is 2.38. The molecule has 2 atom stereocenters. The summed E-state index contributed by atoms with van der Waals surface area (Å²) in [5.41, 5.74) is 4.38. The molecule has 1 aliphatic carbocycles. The number of amides is 1. The number of ether oxygens (including phenoxy) is 1. The van der Waals surface area contributed by atoms with Gasteiger partial charge in [0.2, 0.25) is 0 Å². The van der Waals surface area contributed by atoms with E-state index in [9.17, 15) is 4.79 Å². The van der Waals surface area contributed by atoms with Crippen molar-refractivity contribution in [1.29, 1.82) is 0 Å². The third-order valence-corrected chi connectivity index (χ3v) is 6.63. The number of halogens is 1. The van der Waals surface area contributed by atoms with Gasteiger partial charge >= 0.3 is 0 Å². The molecule has 1 aromatic carbocycles. The van der Waals surface area contributed by atoms with Crippen molar-refractivity contribution in [3.8, 4) is 5.75 Å². The van der Waals surface area contributed by atoms with Gasteiger partial charge in [-0.2, -0.15) is 15.2 Å². The summed E-state index contributed by atoms with van der Waals surface area (Å²) in [5.74, 6) is 0.881. The Balaban J connectivity index is 1.67. The number of methoxy groups -OCH3 is 1. The molecule has 0 bridgehead atoms. The third kappa shape index (κ3) is 3.19. The lowest BCUT2D eigenvalue weighted by Crippen LogP contribution is -2.45. The summed E-state index contributed by atoms with van der Waals surface area (Å²) < 4.78 is 7.05. The fourth-order valence-corrected chi connectivity index (χ4v) is 5.05. The molecular formula is C24H24ClN5O2. The van der Waals surface area contributed by atoms with Crippen LogP contribution in [0.2, 0.25) is 5.02 Å². The van der Waals surface area contributed by atoms with Crippen LogP contribution in [0.1, 0.15) is 29.7 Å². The zero-order valence-electron chi connectivity index (χ0n) is 18.5. The average molecular weight is 450 g/mol. The van der Waals surface area contributed by atoms with E-state index in [0.29, 0.717) is 23.0 Å². The zero-order valence-corrected chi connectivity index (χ0v) is 19.2. The van der Waals surface area contributed by atoms with Crippen molar-refractivity contribution in [3.05, 3.63) is 58.3 Å². The second-order valence-corrected chi connectivity index (χ2v) is 8.75. The Morgan fingerprint density at radius 1 is 1.12 bits per heavy atom. The Morgan fingerprint density at radius 2 is 1.88 bits per heavy atom. The average Bonchev–Trinajstić information content (AvgIpc) is 3.08. The maximum absolute atomic E-state index is 13.5. The maximum atomic E-state index is 13.5. The molecule has 164 valence electrons. The molecule has 3 aromatic rings. The summed E-state index contributed by atoms with van der Waals surface area (Å²) in [6, 6.07) is 7.55. The molecule has 8 heteroatoms. The highest BCUT2D eigenvalue weighted by Gasteiger charge is 2.41. The normalized spacial score (nSPS) is 20.5. The quantitative estimate of drug-likeness (QED) is 0.548. The summed E-state index contributed by atoms with van der Waals surface area (Å²) in [4.78, 5) is 18.3. The van der Waals surface area contributed by atoms with Gasteiger partial charge in [-0.3, -0.25) is 9.48 Å². The first-order valence-corrected chi connectivity index (χ1v) is 11.0. The smallest absolute Gasteiger partial charge is 0.252 e. The van der Waals surface area contributed by atoms with E-state index in [1.165, 1.54) is 5.01 Å². The second kappa shape index (κ2) is 7.74. The summed E-state index contributed by atoms with van der Waals surface area (Å²) >= 11 is 6.42. The molecular weight excluding hydrogens is 426 g/mol. The van der Waals surface area contributed by atoms with E-state index in [0.717, 1.165) is 40.0 Å². The first kappa shape index (κ1) is 20.7. The number of hydrazone groups is 1. The number of allylic oxidation sites excluding steroid dienone is 2. The minimum Gasteiger partial charge on any atom is -0.495 e. The van der Waals surface area contributed by atoms with Gasteiger partial charge in [-0.15, -0.1) is 0 Å². The van der Waals surface area contributed by atoms with Crippen molar-refractivity contribution in [2.45, 2.75) is 26.7 Å². The van der Waals surface area contributed by atoms with Crippen LogP contribution in [0.5, 0.6) is 5.75 Å². The Hall–Kier alpha value is -3.19. The number of carbonyl (C=O) groups excluding carboxylic acids is 1. The topological polar surface area (TPSA) is 72.6 Å². The van der Waals surface area contributed by atoms with Crippen LogP contribution in [0.3, 0.4) is 0 Å². The molecule has 0 N–H and O–H groups in total. The Kier molecular flexibility index (Phi) is 5.01. The number of carbonyl (C=O) groups is 1. The summed E-state index contributed by atoms with van der Waals surface area (Å²) in [7, 11) is 3.45. The van der Waals surface area contributed by atoms with Crippen LogP contribution in [0, 0.1) is 25.7 Å². The molecule has 0 saturated heterocycles. The van der Waals surface area contributed by atoms with Gasteiger partial charge in [0.1, 0.15) is 5.75 Å². The molecule has 0 spiro atoms. The molecule has 0 radical (unpaired) electrons. The molecule has 0 fully saturated rings. The minimum absolute atomic E-state index is 0.00279. The molecule has 0 saturated carbocycles. The van der Waals surface area contributed by atoms with E-state index in [1.807, 2.05) is 45.2 Å². The molecule has 1 amide bonds. The predicted octanol–water partition coefficient (Wildman–Crippen LogP) is 4.58. The maximum Gasteiger partial charge on any atom is 0.252 e. The van der Waals surface area contributed by atoms with Gasteiger partial charge in [0, 0.05) is 18.4 Å². The van der Waals surface area contributed by atoms with Crippen LogP contribution >= 0.6 is 11.6 Å². The third-order valence-electron chi connectivity index (χ3n) is 6.33. The molecule has 2 aliphatic rings. The van der Waals surface area contributed by atoms with Crippen LogP contribution in [0.15, 0.2) is 41.5 Å². The first-order valence-electron chi connectivity index (χ1n) is 10.6. The number of benzene rings is 1. The number of hydrogen-bond donors (Lipinski definition) is 0. The van der Waals surface area contributed by atoms with Crippen LogP contribution < -0.4 is 9.75 Å². The van der Waals surface area contributed by atoms with E-state index >= 15 is 0 Å². The van der Waals surface area contributed by atoms with E-state index in [-0.39, 0.29) is 17.7 Å². The number of aryl methyl sites for hydroxylation is 3. The fourth-order valence-electron chi connectivity index (χ4n) is 4.79. The number of nitrogens with zero attached hydrogens (tertiary/aromatic N) is 5. The molecule has 1 aliphatic heterocycles. The zero-order chi connectivity index (χ0) is 22.6. The van der Waals surface area contributed by atoms with Crippen molar-refractivity contribution in [1.82, 2.24) is 14.8 Å². The van der Waals surface area contributed by atoms with Crippen molar-refractivity contribution in [2.24, 2.45) is 24.0 Å². The van der Waals surface area contributed by atoms with Crippen LogP contribution in [-0.2, 0) is 11.8 Å². The van der Waals surface area contributed by atoms with Crippen molar-refractivity contribution in [2.75, 3.05) is 12.1 Å². The van der Waals surface area contributed by atoms with E-state index in [2.05, 4.69) is 17.3 Å². The van der Waals surface area contributed by atoms with E-state index in [4.69, 9.17) is 26.4 Å². The molecule has 3 heterocycles. The van der Waals surface area contributed by atoms with Gasteiger partial charge in [0.25, 0.3) is 5.91 Å². The first-order chi connectivity index (χ1) is 15.4. The van der Waals surface area contributed by atoms with E-state index < -0.39 is 0 Å². The highest BCUT2D eigenvalue weighted by molar-refractivity contribution is 6.32. The second-order valence-electron chi connectivity index (χ2n) is 8.35. The predicted molar refractivity (Wildman–Crippen MR) is 125 cm³/mol. The summed E-state index contributed by atoms with van der Waals surface area (Å²) in [6.45, 7) is 3.97. The van der Waals surface area contributed by atoms with E-state index in [1.54, 1.807) is 11.8 Å². The van der Waals surface area contributed by atoms with Gasteiger partial charge in [-0.25, -0.2) is 4.98 Å². The molecule has 32 heavy (non-hydrogen) atoms. The van der Waals surface area contributed by atoms with Crippen LogP contribution in [0.4, 0.5) is 5.82 Å². The largest absolute Gasteiger partial charge is 0.495 e. The lowest BCUT2D eigenvalue weighted by Gasteiger charge is -2.36. The minimum atomic E-state index is -0.195. The number of anilines is 1. The summed E-state index contributed by atoms with van der Waals surface area (Å²) in [5, 5.41) is 12.3. The fraction of sp³-hybridized carbons (Fsp3) is 0.333. The standard InChI is InChI=1S/C24H24ClN5O2/c1-13-11-20(26-23-21(13)14(2)27-29(23)3)30-24(31)17-8-6-5-7-16(17)22(28-30)15-9-10-19(32-4)18(25)12-15/h5-6,9-12,16-17H,7-8H2,1-4H3/t16-,17+/m1/s1. The van der Waals surface area contributed by atoms with Crippen molar-refractivity contribution >= 4 is 40.1 Å². The highest BCUT2D eigenvalue weighted by atomic mass is 35.5. The van der Waals surface area contributed by atoms with Crippen LogP contribution in [0.25, 0.3) is 11.0 Å². The number of fused-ring (bicyclic) bond motifs is 2. The van der Waals surface area contributed by atoms with Crippen LogP contribution in [-0.4, -0.2) is 33.5 Å². The Labute approximate surface area is 191 Å². The lowest BCUT2D eigenvalue weighted by atomic mass is 9.76.